The molecule has 2 bridgehead atoms. The number of hydrogen-bond donors (Lipinski definition) is 1. The fourth-order valence-corrected chi connectivity index (χ4v) is 5.07. The molecule has 23 heavy (non-hydrogen) atoms. The zero-order chi connectivity index (χ0) is 16.0. The standard InChI is InChI=1S/C16H19NO5S/c18-16(13-8-10-1-2-11(13)7-10)17-23(19,20)12-3-4-14-15(9-12)22-6-5-21-14/h3-4,9-11,13H,1-2,5-8H2,(H,17,18)/t10-,11-,13+/m0/s1. The summed E-state index contributed by atoms with van der Waals surface area (Å²) < 4.78 is 38.0. The molecule has 2 saturated carbocycles. The van der Waals surface area contributed by atoms with E-state index in [4.69, 9.17) is 9.47 Å². The van der Waals surface area contributed by atoms with E-state index in [-0.39, 0.29) is 16.7 Å². The van der Waals surface area contributed by atoms with E-state index in [1.807, 2.05) is 0 Å². The Bertz CT molecular complexity index is 745. The SMILES string of the molecule is O=C(NS(=O)(=O)c1ccc2c(c1)OCCO2)[C@@H]1C[C@H]2CC[C@H]1C2. The summed E-state index contributed by atoms with van der Waals surface area (Å²) in [6.45, 7) is 0.827. The monoisotopic (exact) mass is 337 g/mol. The predicted molar refractivity (Wildman–Crippen MR) is 81.7 cm³/mol. The van der Waals surface area contributed by atoms with Gasteiger partial charge in [0.1, 0.15) is 13.2 Å². The van der Waals surface area contributed by atoms with Crippen molar-refractivity contribution in [3.05, 3.63) is 18.2 Å². The molecule has 1 amide bonds. The highest BCUT2D eigenvalue weighted by Crippen LogP contribution is 2.48. The minimum absolute atomic E-state index is 0.0262. The van der Waals surface area contributed by atoms with Gasteiger partial charge in [0.2, 0.25) is 5.91 Å². The molecule has 0 aromatic heterocycles. The van der Waals surface area contributed by atoms with Gasteiger partial charge >= 0.3 is 0 Å². The number of benzene rings is 1. The van der Waals surface area contributed by atoms with Gasteiger partial charge in [-0.1, -0.05) is 6.42 Å². The summed E-state index contributed by atoms with van der Waals surface area (Å²) in [4.78, 5) is 12.4. The lowest BCUT2D eigenvalue weighted by Crippen LogP contribution is -2.37. The van der Waals surface area contributed by atoms with E-state index in [0.29, 0.717) is 36.5 Å². The quantitative estimate of drug-likeness (QED) is 0.908. The van der Waals surface area contributed by atoms with E-state index in [1.54, 1.807) is 6.07 Å². The van der Waals surface area contributed by atoms with Crippen LogP contribution in [0.2, 0.25) is 0 Å². The molecule has 0 unspecified atom stereocenters. The minimum atomic E-state index is -3.88. The molecule has 7 heteroatoms. The number of nitrogens with one attached hydrogen (secondary N) is 1. The predicted octanol–water partition coefficient (Wildman–Crippen LogP) is 1.70. The van der Waals surface area contributed by atoms with E-state index in [9.17, 15) is 13.2 Å². The van der Waals surface area contributed by atoms with E-state index in [2.05, 4.69) is 4.72 Å². The van der Waals surface area contributed by atoms with Gasteiger partial charge in [-0.05, 0) is 43.2 Å². The van der Waals surface area contributed by atoms with E-state index < -0.39 is 10.0 Å². The highest BCUT2D eigenvalue weighted by Gasteiger charge is 2.44. The molecule has 0 spiro atoms. The Labute approximate surface area is 135 Å². The van der Waals surface area contributed by atoms with Gasteiger partial charge in [-0.25, -0.2) is 13.1 Å². The Morgan fingerprint density at radius 1 is 1.09 bits per heavy atom. The van der Waals surface area contributed by atoms with Crippen molar-refractivity contribution in [3.8, 4) is 11.5 Å². The number of fused-ring (bicyclic) bond motifs is 3. The largest absolute Gasteiger partial charge is 0.486 e. The number of amides is 1. The summed E-state index contributed by atoms with van der Waals surface area (Å²) in [7, 11) is -3.88. The topological polar surface area (TPSA) is 81.7 Å². The van der Waals surface area contributed by atoms with Gasteiger partial charge in [-0.2, -0.15) is 0 Å². The molecule has 3 aliphatic rings. The van der Waals surface area contributed by atoms with Crippen molar-refractivity contribution in [2.75, 3.05) is 13.2 Å². The van der Waals surface area contributed by atoms with Crippen LogP contribution in [0.25, 0.3) is 0 Å². The van der Waals surface area contributed by atoms with Crippen LogP contribution in [0.15, 0.2) is 23.1 Å². The molecule has 124 valence electrons. The van der Waals surface area contributed by atoms with Gasteiger partial charge in [-0.15, -0.1) is 0 Å². The molecular weight excluding hydrogens is 318 g/mol. The van der Waals surface area contributed by atoms with E-state index >= 15 is 0 Å². The summed E-state index contributed by atoms with van der Waals surface area (Å²) in [5, 5.41) is 0. The van der Waals surface area contributed by atoms with Gasteiger partial charge in [-0.3, -0.25) is 4.79 Å². The molecular formula is C16H19NO5S. The first-order chi connectivity index (χ1) is 11.0. The van der Waals surface area contributed by atoms with Crippen LogP contribution in [0.4, 0.5) is 0 Å². The lowest BCUT2D eigenvalue weighted by molar-refractivity contribution is -0.124. The lowest BCUT2D eigenvalue weighted by atomic mass is 9.88. The Balaban J connectivity index is 1.52. The van der Waals surface area contributed by atoms with Gasteiger partial charge < -0.3 is 9.47 Å². The minimum Gasteiger partial charge on any atom is -0.486 e. The lowest BCUT2D eigenvalue weighted by Gasteiger charge is -2.21. The van der Waals surface area contributed by atoms with E-state index in [1.165, 1.54) is 18.6 Å². The first-order valence-corrected chi connectivity index (χ1v) is 9.47. The van der Waals surface area contributed by atoms with Gasteiger partial charge in [0.25, 0.3) is 10.0 Å². The van der Waals surface area contributed by atoms with Crippen LogP contribution in [0.3, 0.4) is 0 Å². The van der Waals surface area contributed by atoms with E-state index in [0.717, 1.165) is 19.3 Å². The molecule has 1 N–H and O–H groups in total. The Hall–Kier alpha value is -1.76. The van der Waals surface area contributed by atoms with Crippen molar-refractivity contribution in [3.63, 3.8) is 0 Å². The fraction of sp³-hybridized carbons (Fsp3) is 0.562. The molecule has 2 aliphatic carbocycles. The third-order valence-electron chi connectivity index (χ3n) is 5.13. The van der Waals surface area contributed by atoms with Crippen LogP contribution >= 0.6 is 0 Å². The number of rotatable bonds is 3. The smallest absolute Gasteiger partial charge is 0.264 e. The van der Waals surface area contributed by atoms with Gasteiger partial charge in [0.15, 0.2) is 11.5 Å². The van der Waals surface area contributed by atoms with Crippen molar-refractivity contribution in [1.82, 2.24) is 4.72 Å². The van der Waals surface area contributed by atoms with Crippen molar-refractivity contribution in [2.24, 2.45) is 17.8 Å². The van der Waals surface area contributed by atoms with Crippen molar-refractivity contribution >= 4 is 15.9 Å². The molecule has 2 fully saturated rings. The average Bonchev–Trinajstić information content (AvgIpc) is 3.17. The molecule has 0 saturated heterocycles. The van der Waals surface area contributed by atoms with Gasteiger partial charge in [0, 0.05) is 12.0 Å². The third kappa shape index (κ3) is 2.67. The van der Waals surface area contributed by atoms with Crippen LogP contribution in [-0.4, -0.2) is 27.5 Å². The Morgan fingerprint density at radius 2 is 1.87 bits per heavy atom. The van der Waals surface area contributed by atoms with Crippen molar-refractivity contribution in [1.29, 1.82) is 0 Å². The van der Waals surface area contributed by atoms with Crippen LogP contribution in [0.1, 0.15) is 25.7 Å². The molecule has 3 atom stereocenters. The Morgan fingerprint density at radius 3 is 2.57 bits per heavy atom. The second kappa shape index (κ2) is 5.40. The van der Waals surface area contributed by atoms with Crippen LogP contribution in [-0.2, 0) is 14.8 Å². The maximum absolute atomic E-state index is 12.5. The summed E-state index contributed by atoms with van der Waals surface area (Å²) in [6.07, 6.45) is 4.07. The molecule has 1 aliphatic heterocycles. The number of hydrogen-bond acceptors (Lipinski definition) is 5. The van der Waals surface area contributed by atoms with Gasteiger partial charge in [0.05, 0.1) is 4.90 Å². The molecule has 6 nitrogen and oxygen atoms in total. The van der Waals surface area contributed by atoms with Crippen LogP contribution in [0.5, 0.6) is 11.5 Å². The first-order valence-electron chi connectivity index (χ1n) is 7.99. The summed E-state index contributed by atoms with van der Waals surface area (Å²) in [6, 6.07) is 4.40. The summed E-state index contributed by atoms with van der Waals surface area (Å²) in [5.74, 6) is 1.32. The normalized spacial score (nSPS) is 28.6. The molecule has 1 aromatic carbocycles. The number of sulfonamides is 1. The summed E-state index contributed by atoms with van der Waals surface area (Å²) in [5.41, 5.74) is 0. The maximum atomic E-state index is 12.5. The molecule has 0 radical (unpaired) electrons. The number of carbonyl (C=O) groups excluding carboxylic acids is 1. The Kier molecular flexibility index (Phi) is 3.48. The zero-order valence-corrected chi connectivity index (χ0v) is 13.5. The zero-order valence-electron chi connectivity index (χ0n) is 12.7. The highest BCUT2D eigenvalue weighted by atomic mass is 32.2. The van der Waals surface area contributed by atoms with Crippen molar-refractivity contribution < 1.29 is 22.7 Å². The highest BCUT2D eigenvalue weighted by molar-refractivity contribution is 7.90. The van der Waals surface area contributed by atoms with Crippen LogP contribution in [0, 0.1) is 17.8 Å². The number of ether oxygens (including phenoxy) is 2. The van der Waals surface area contributed by atoms with Crippen molar-refractivity contribution in [2.45, 2.75) is 30.6 Å². The average molecular weight is 337 g/mol. The summed E-state index contributed by atoms with van der Waals surface area (Å²) >= 11 is 0. The molecule has 4 rings (SSSR count). The number of carbonyl (C=O) groups is 1. The first kappa shape index (κ1) is 14.8. The maximum Gasteiger partial charge on any atom is 0.264 e. The second-order valence-corrected chi connectivity index (χ2v) is 8.24. The second-order valence-electron chi connectivity index (χ2n) is 6.56. The fourth-order valence-electron chi connectivity index (χ4n) is 4.02. The molecule has 1 aromatic rings. The third-order valence-corrected chi connectivity index (χ3v) is 6.48. The molecule has 1 heterocycles. The van der Waals surface area contributed by atoms with Crippen LogP contribution < -0.4 is 14.2 Å².